The van der Waals surface area contributed by atoms with Crippen LogP contribution in [0, 0.1) is 11.6 Å². The summed E-state index contributed by atoms with van der Waals surface area (Å²) in [6.07, 6.45) is -0.547. The molecule has 21 heavy (non-hydrogen) atoms. The molecule has 5 nitrogen and oxygen atoms in total. The molecule has 112 valence electrons. The molecule has 2 aliphatic heterocycles. The Morgan fingerprint density at radius 1 is 1.33 bits per heavy atom. The van der Waals surface area contributed by atoms with E-state index < -0.39 is 11.6 Å². The van der Waals surface area contributed by atoms with Gasteiger partial charge >= 0.3 is 6.09 Å². The lowest BCUT2D eigenvalue weighted by molar-refractivity contribution is -0.132. The van der Waals surface area contributed by atoms with E-state index in [4.69, 9.17) is 4.74 Å². The van der Waals surface area contributed by atoms with Crippen molar-refractivity contribution >= 4 is 12.0 Å². The Hall–Kier alpha value is -2.18. The molecular weight excluding hydrogens is 282 g/mol. The van der Waals surface area contributed by atoms with Crippen molar-refractivity contribution in [2.75, 3.05) is 26.2 Å². The quantitative estimate of drug-likeness (QED) is 0.823. The van der Waals surface area contributed by atoms with E-state index in [1.165, 1.54) is 12.1 Å². The average Bonchev–Trinajstić information content (AvgIpc) is 2.85. The summed E-state index contributed by atoms with van der Waals surface area (Å²) in [5.74, 6) is -2.22. The van der Waals surface area contributed by atoms with Crippen LogP contribution in [0.2, 0.25) is 0 Å². The maximum atomic E-state index is 13.6. The minimum Gasteiger partial charge on any atom is -0.447 e. The molecule has 0 bridgehead atoms. The van der Waals surface area contributed by atoms with Gasteiger partial charge in [0.15, 0.2) is 11.6 Å². The minimum absolute atomic E-state index is 0.0428. The standard InChI is InChI=1S/C14H14F2N2O3/c15-11-3-1-2-9(13(11)16)6-12(19)17-4-5-18-10(7-17)8-21-14(18)20/h1-3,10H,4-8H2. The third kappa shape index (κ3) is 2.55. The number of ether oxygens (including phenoxy) is 1. The predicted octanol–water partition coefficient (Wildman–Crippen LogP) is 1.17. The molecule has 2 heterocycles. The molecule has 1 aromatic rings. The van der Waals surface area contributed by atoms with Crippen LogP contribution >= 0.6 is 0 Å². The Kier molecular flexibility index (Phi) is 3.48. The summed E-state index contributed by atoms with van der Waals surface area (Å²) in [5.41, 5.74) is 0.0428. The number of hydrogen-bond acceptors (Lipinski definition) is 3. The molecule has 0 saturated carbocycles. The molecule has 3 rings (SSSR count). The first-order valence-electron chi connectivity index (χ1n) is 6.70. The Labute approximate surface area is 120 Å². The van der Waals surface area contributed by atoms with Gasteiger partial charge in [-0.05, 0) is 6.07 Å². The van der Waals surface area contributed by atoms with E-state index in [2.05, 4.69) is 0 Å². The Bertz CT molecular complexity index is 594. The molecule has 2 fully saturated rings. The van der Waals surface area contributed by atoms with Gasteiger partial charge in [-0.25, -0.2) is 13.6 Å². The first-order chi connectivity index (χ1) is 10.1. The van der Waals surface area contributed by atoms with Gasteiger partial charge in [-0.3, -0.25) is 9.69 Å². The van der Waals surface area contributed by atoms with Crippen LogP contribution in [0.1, 0.15) is 5.56 Å². The van der Waals surface area contributed by atoms with Crippen molar-refractivity contribution in [1.29, 1.82) is 0 Å². The number of carbonyl (C=O) groups excluding carboxylic acids is 2. The van der Waals surface area contributed by atoms with E-state index in [-0.39, 0.29) is 36.6 Å². The molecule has 7 heteroatoms. The molecule has 0 aliphatic carbocycles. The maximum absolute atomic E-state index is 13.6. The molecule has 2 aliphatic rings. The van der Waals surface area contributed by atoms with Crippen molar-refractivity contribution in [3.8, 4) is 0 Å². The number of cyclic esters (lactones) is 1. The second-order valence-electron chi connectivity index (χ2n) is 5.15. The first kappa shape index (κ1) is 13.8. The highest BCUT2D eigenvalue weighted by Crippen LogP contribution is 2.19. The van der Waals surface area contributed by atoms with Crippen molar-refractivity contribution in [3.63, 3.8) is 0 Å². The Balaban J connectivity index is 1.66. The van der Waals surface area contributed by atoms with Crippen molar-refractivity contribution in [2.24, 2.45) is 0 Å². The highest BCUT2D eigenvalue weighted by Gasteiger charge is 2.38. The van der Waals surface area contributed by atoms with Crippen LogP contribution in [0.5, 0.6) is 0 Å². The summed E-state index contributed by atoms with van der Waals surface area (Å²) < 4.78 is 31.6. The van der Waals surface area contributed by atoms with E-state index in [1.807, 2.05) is 0 Å². The van der Waals surface area contributed by atoms with Crippen LogP contribution in [-0.4, -0.2) is 54.1 Å². The van der Waals surface area contributed by atoms with Crippen molar-refractivity contribution in [3.05, 3.63) is 35.4 Å². The van der Waals surface area contributed by atoms with Crippen LogP contribution in [-0.2, 0) is 16.0 Å². The summed E-state index contributed by atoms with van der Waals surface area (Å²) in [5, 5.41) is 0. The van der Waals surface area contributed by atoms with Gasteiger partial charge in [0.1, 0.15) is 6.61 Å². The van der Waals surface area contributed by atoms with Crippen LogP contribution in [0.3, 0.4) is 0 Å². The molecule has 0 radical (unpaired) electrons. The number of hydrogen-bond donors (Lipinski definition) is 0. The van der Waals surface area contributed by atoms with Crippen molar-refractivity contribution < 1.29 is 23.1 Å². The molecule has 0 aromatic heterocycles. The molecule has 1 atom stereocenters. The number of rotatable bonds is 2. The topological polar surface area (TPSA) is 49.9 Å². The molecular formula is C14H14F2N2O3. The van der Waals surface area contributed by atoms with Gasteiger partial charge in [0.05, 0.1) is 12.5 Å². The highest BCUT2D eigenvalue weighted by molar-refractivity contribution is 5.79. The molecule has 2 saturated heterocycles. The average molecular weight is 296 g/mol. The van der Waals surface area contributed by atoms with Crippen molar-refractivity contribution in [1.82, 2.24) is 9.80 Å². The second kappa shape index (κ2) is 5.31. The lowest BCUT2D eigenvalue weighted by atomic mass is 10.1. The Morgan fingerprint density at radius 2 is 2.14 bits per heavy atom. The summed E-state index contributed by atoms with van der Waals surface area (Å²) in [4.78, 5) is 26.7. The third-order valence-electron chi connectivity index (χ3n) is 3.84. The predicted molar refractivity (Wildman–Crippen MR) is 68.5 cm³/mol. The monoisotopic (exact) mass is 296 g/mol. The first-order valence-corrected chi connectivity index (χ1v) is 6.70. The van der Waals surface area contributed by atoms with E-state index >= 15 is 0 Å². The van der Waals surface area contributed by atoms with E-state index in [0.717, 1.165) is 6.07 Å². The van der Waals surface area contributed by atoms with Crippen LogP contribution < -0.4 is 0 Å². The number of amides is 2. The number of carbonyl (C=O) groups is 2. The SMILES string of the molecule is O=C(Cc1cccc(F)c1F)N1CCN2C(=O)OCC2C1. The second-order valence-corrected chi connectivity index (χ2v) is 5.15. The zero-order valence-electron chi connectivity index (χ0n) is 11.2. The summed E-state index contributed by atoms with van der Waals surface area (Å²) in [6.45, 7) is 1.40. The van der Waals surface area contributed by atoms with E-state index in [0.29, 0.717) is 19.6 Å². The highest BCUT2D eigenvalue weighted by atomic mass is 19.2. The van der Waals surface area contributed by atoms with Gasteiger partial charge in [-0.15, -0.1) is 0 Å². The Morgan fingerprint density at radius 3 is 2.95 bits per heavy atom. The van der Waals surface area contributed by atoms with Gasteiger partial charge in [0, 0.05) is 25.2 Å². The lowest BCUT2D eigenvalue weighted by Gasteiger charge is -2.35. The van der Waals surface area contributed by atoms with Crippen molar-refractivity contribution in [2.45, 2.75) is 12.5 Å². The number of benzene rings is 1. The third-order valence-corrected chi connectivity index (χ3v) is 3.84. The molecule has 0 spiro atoms. The normalized spacial score (nSPS) is 21.2. The fourth-order valence-corrected chi connectivity index (χ4v) is 2.67. The van der Waals surface area contributed by atoms with Gasteiger partial charge in [-0.1, -0.05) is 12.1 Å². The maximum Gasteiger partial charge on any atom is 0.410 e. The largest absolute Gasteiger partial charge is 0.447 e. The zero-order valence-corrected chi connectivity index (χ0v) is 11.2. The minimum atomic E-state index is -0.983. The summed E-state index contributed by atoms with van der Waals surface area (Å²) in [7, 11) is 0. The molecule has 2 amide bonds. The van der Waals surface area contributed by atoms with E-state index in [1.54, 1.807) is 9.80 Å². The molecule has 1 aromatic carbocycles. The smallest absolute Gasteiger partial charge is 0.410 e. The lowest BCUT2D eigenvalue weighted by Crippen LogP contribution is -2.54. The fourth-order valence-electron chi connectivity index (χ4n) is 2.67. The van der Waals surface area contributed by atoms with Crippen LogP contribution in [0.4, 0.5) is 13.6 Å². The number of halogens is 2. The van der Waals surface area contributed by atoms with Crippen LogP contribution in [0.25, 0.3) is 0 Å². The number of nitrogens with zero attached hydrogens (tertiary/aromatic N) is 2. The van der Waals surface area contributed by atoms with E-state index in [9.17, 15) is 18.4 Å². The fraction of sp³-hybridized carbons (Fsp3) is 0.429. The molecule has 1 unspecified atom stereocenters. The number of piperazine rings is 1. The molecule has 0 N–H and O–H groups in total. The summed E-state index contributed by atoms with van der Waals surface area (Å²) in [6, 6.07) is 3.65. The van der Waals surface area contributed by atoms with Gasteiger partial charge < -0.3 is 9.64 Å². The number of fused-ring (bicyclic) bond motifs is 1. The van der Waals surface area contributed by atoms with Crippen LogP contribution in [0.15, 0.2) is 18.2 Å². The van der Waals surface area contributed by atoms with Gasteiger partial charge in [-0.2, -0.15) is 0 Å². The summed E-state index contributed by atoms with van der Waals surface area (Å²) >= 11 is 0. The van der Waals surface area contributed by atoms with Gasteiger partial charge in [0.2, 0.25) is 5.91 Å². The van der Waals surface area contributed by atoms with Gasteiger partial charge in [0.25, 0.3) is 0 Å². The zero-order chi connectivity index (χ0) is 15.0.